The minimum atomic E-state index is -0.249. The number of benzene rings is 1. The van der Waals surface area contributed by atoms with Gasteiger partial charge in [-0.2, -0.15) is 5.26 Å². The molecule has 0 atom stereocenters. The maximum Gasteiger partial charge on any atom is 0.248 e. The fourth-order valence-corrected chi connectivity index (χ4v) is 2.89. The molecule has 0 bridgehead atoms. The number of fused-ring (bicyclic) bond motifs is 1. The van der Waals surface area contributed by atoms with E-state index < -0.39 is 0 Å². The third-order valence-electron chi connectivity index (χ3n) is 4.29. The van der Waals surface area contributed by atoms with Gasteiger partial charge in [0.05, 0.1) is 30.6 Å². The molecule has 142 valence electrons. The van der Waals surface area contributed by atoms with Gasteiger partial charge in [0.1, 0.15) is 5.82 Å². The second-order valence-corrected chi connectivity index (χ2v) is 7.57. The molecule has 0 radical (unpaired) electrons. The van der Waals surface area contributed by atoms with Gasteiger partial charge in [-0.05, 0) is 12.1 Å². The van der Waals surface area contributed by atoms with Crippen molar-refractivity contribution in [2.24, 2.45) is 0 Å². The molecule has 1 aromatic carbocycles. The summed E-state index contributed by atoms with van der Waals surface area (Å²) in [7, 11) is 0. The summed E-state index contributed by atoms with van der Waals surface area (Å²) >= 11 is 0. The minimum absolute atomic E-state index is 0.137. The van der Waals surface area contributed by atoms with E-state index in [-0.39, 0.29) is 11.3 Å². The predicted octanol–water partition coefficient (Wildman–Crippen LogP) is 4.29. The first-order valence-corrected chi connectivity index (χ1v) is 9.15. The first kappa shape index (κ1) is 19.3. The summed E-state index contributed by atoms with van der Waals surface area (Å²) < 4.78 is 2.04. The van der Waals surface area contributed by atoms with E-state index in [0.29, 0.717) is 18.7 Å². The van der Waals surface area contributed by atoms with E-state index in [0.717, 1.165) is 22.3 Å². The van der Waals surface area contributed by atoms with Gasteiger partial charge in [0.15, 0.2) is 0 Å². The third-order valence-corrected chi connectivity index (χ3v) is 4.29. The third kappa shape index (κ3) is 4.44. The Morgan fingerprint density at radius 3 is 2.64 bits per heavy atom. The number of nitrogens with zero attached hydrogens (tertiary/aromatic N) is 4. The number of nitriles is 1. The van der Waals surface area contributed by atoms with Gasteiger partial charge < -0.3 is 9.88 Å². The van der Waals surface area contributed by atoms with E-state index in [1.165, 1.54) is 6.08 Å². The van der Waals surface area contributed by atoms with Crippen molar-refractivity contribution in [2.75, 3.05) is 5.32 Å². The van der Waals surface area contributed by atoms with Crippen molar-refractivity contribution >= 4 is 28.6 Å². The Balaban J connectivity index is 1.75. The molecule has 0 unspecified atom stereocenters. The zero-order valence-corrected chi connectivity index (χ0v) is 16.3. The van der Waals surface area contributed by atoms with Crippen LogP contribution < -0.4 is 5.32 Å². The van der Waals surface area contributed by atoms with Crippen molar-refractivity contribution in [3.63, 3.8) is 0 Å². The number of aryl methyl sites for hydroxylation is 1. The number of amides is 1. The van der Waals surface area contributed by atoms with Crippen molar-refractivity contribution in [3.8, 4) is 6.07 Å². The fraction of sp³-hybridized carbons (Fsp3) is 0.273. The number of rotatable bonds is 5. The van der Waals surface area contributed by atoms with Crippen LogP contribution in [-0.2, 0) is 16.8 Å². The summed E-state index contributed by atoms with van der Waals surface area (Å²) in [5.74, 6) is 0.479. The highest BCUT2D eigenvalue weighted by atomic mass is 16.1. The molecular weight excluding hydrogens is 350 g/mol. The molecule has 0 aliphatic rings. The summed E-state index contributed by atoms with van der Waals surface area (Å²) in [5, 5.41) is 12.7. The first-order valence-electron chi connectivity index (χ1n) is 9.15. The molecule has 0 spiro atoms. The van der Waals surface area contributed by atoms with E-state index >= 15 is 0 Å². The van der Waals surface area contributed by atoms with Gasteiger partial charge in [0.25, 0.3) is 0 Å². The average molecular weight is 373 g/mol. The highest BCUT2D eigenvalue weighted by Gasteiger charge is 2.16. The SMILES string of the molecule is CC(C)(C)c1ncc(NC(=O)/C=C/c2cn(CCC#N)c3ccccc23)cn1. The van der Waals surface area contributed by atoms with Crippen LogP contribution in [0.4, 0.5) is 5.69 Å². The number of hydrogen-bond donors (Lipinski definition) is 1. The molecule has 28 heavy (non-hydrogen) atoms. The molecule has 3 aromatic rings. The van der Waals surface area contributed by atoms with E-state index in [1.807, 2.05) is 55.8 Å². The Labute approximate surface area is 164 Å². The summed E-state index contributed by atoms with van der Waals surface area (Å²) in [6, 6.07) is 10.1. The number of carbonyl (C=O) groups excluding carboxylic acids is 1. The fourth-order valence-electron chi connectivity index (χ4n) is 2.89. The van der Waals surface area contributed by atoms with Crippen molar-refractivity contribution in [1.29, 1.82) is 5.26 Å². The van der Waals surface area contributed by atoms with Crippen LogP contribution in [0.1, 0.15) is 38.6 Å². The number of anilines is 1. The zero-order chi connectivity index (χ0) is 20.1. The van der Waals surface area contributed by atoms with Crippen LogP contribution in [0, 0.1) is 11.3 Å². The lowest BCUT2D eigenvalue weighted by Gasteiger charge is -2.15. The Morgan fingerprint density at radius 2 is 1.96 bits per heavy atom. The van der Waals surface area contributed by atoms with Gasteiger partial charge in [-0.1, -0.05) is 39.0 Å². The standard InChI is InChI=1S/C22H23N5O/c1-22(2,3)21-24-13-17(14-25-21)26-20(28)10-9-16-15-27(12-6-11-23)19-8-5-4-7-18(16)19/h4-5,7-10,13-15H,6,12H2,1-3H3,(H,26,28)/b10-9+. The summed E-state index contributed by atoms with van der Waals surface area (Å²) in [6.45, 7) is 6.73. The Kier molecular flexibility index (Phi) is 5.55. The quantitative estimate of drug-likeness (QED) is 0.676. The second kappa shape index (κ2) is 8.05. The second-order valence-electron chi connectivity index (χ2n) is 7.57. The molecule has 0 aliphatic heterocycles. The molecule has 1 N–H and O–H groups in total. The van der Waals surface area contributed by atoms with Gasteiger partial charge in [-0.3, -0.25) is 4.79 Å². The average Bonchev–Trinajstić information content (AvgIpc) is 3.02. The predicted molar refractivity (Wildman–Crippen MR) is 111 cm³/mol. The van der Waals surface area contributed by atoms with Crippen LogP contribution in [0.15, 0.2) is 48.9 Å². The molecule has 2 aromatic heterocycles. The Hall–Kier alpha value is -3.46. The maximum absolute atomic E-state index is 12.3. The van der Waals surface area contributed by atoms with Crippen molar-refractivity contribution in [1.82, 2.24) is 14.5 Å². The van der Waals surface area contributed by atoms with E-state index in [9.17, 15) is 4.79 Å². The van der Waals surface area contributed by atoms with Crippen LogP contribution >= 0.6 is 0 Å². The summed E-state index contributed by atoms with van der Waals surface area (Å²) in [6.07, 6.45) is 8.92. The van der Waals surface area contributed by atoms with Crippen LogP contribution in [0.5, 0.6) is 0 Å². The first-order chi connectivity index (χ1) is 13.4. The molecule has 6 nitrogen and oxygen atoms in total. The molecule has 1 amide bonds. The molecule has 2 heterocycles. The van der Waals surface area contributed by atoms with Crippen LogP contribution in [0.25, 0.3) is 17.0 Å². The highest BCUT2D eigenvalue weighted by Crippen LogP contribution is 2.23. The Morgan fingerprint density at radius 1 is 1.25 bits per heavy atom. The lowest BCUT2D eigenvalue weighted by Crippen LogP contribution is -2.16. The van der Waals surface area contributed by atoms with Gasteiger partial charge in [-0.25, -0.2) is 9.97 Å². The monoisotopic (exact) mass is 373 g/mol. The molecule has 0 saturated carbocycles. The van der Waals surface area contributed by atoms with Crippen molar-refractivity contribution < 1.29 is 4.79 Å². The number of aromatic nitrogens is 3. The number of para-hydroxylation sites is 1. The number of nitrogens with one attached hydrogen (secondary N) is 1. The topological polar surface area (TPSA) is 83.6 Å². The van der Waals surface area contributed by atoms with Crippen LogP contribution in [0.3, 0.4) is 0 Å². The van der Waals surface area contributed by atoms with Crippen LogP contribution in [-0.4, -0.2) is 20.4 Å². The molecule has 6 heteroatoms. The van der Waals surface area contributed by atoms with Gasteiger partial charge >= 0.3 is 0 Å². The zero-order valence-electron chi connectivity index (χ0n) is 16.3. The Bertz CT molecular complexity index is 1050. The van der Waals surface area contributed by atoms with Crippen LogP contribution in [0.2, 0.25) is 0 Å². The minimum Gasteiger partial charge on any atom is -0.346 e. The van der Waals surface area contributed by atoms with Gasteiger partial charge in [-0.15, -0.1) is 0 Å². The van der Waals surface area contributed by atoms with E-state index in [4.69, 9.17) is 5.26 Å². The molecule has 3 rings (SSSR count). The van der Waals surface area contributed by atoms with Gasteiger partial charge in [0, 0.05) is 40.7 Å². The lowest BCUT2D eigenvalue weighted by atomic mass is 9.96. The summed E-state index contributed by atoms with van der Waals surface area (Å²) in [4.78, 5) is 20.9. The summed E-state index contributed by atoms with van der Waals surface area (Å²) in [5.41, 5.74) is 2.40. The van der Waals surface area contributed by atoms with Gasteiger partial charge in [0.2, 0.25) is 5.91 Å². The largest absolute Gasteiger partial charge is 0.346 e. The van der Waals surface area contributed by atoms with Crippen molar-refractivity contribution in [3.05, 3.63) is 60.3 Å². The molecule has 0 saturated heterocycles. The molecular formula is C22H23N5O. The molecule has 0 aliphatic carbocycles. The number of carbonyl (C=O) groups is 1. The van der Waals surface area contributed by atoms with E-state index in [1.54, 1.807) is 18.5 Å². The smallest absolute Gasteiger partial charge is 0.248 e. The maximum atomic E-state index is 12.3. The highest BCUT2D eigenvalue weighted by molar-refractivity contribution is 6.03. The lowest BCUT2D eigenvalue weighted by molar-refractivity contribution is -0.111. The molecule has 0 fully saturated rings. The number of hydrogen-bond acceptors (Lipinski definition) is 4. The normalized spacial score (nSPS) is 11.6. The van der Waals surface area contributed by atoms with Crippen molar-refractivity contribution in [2.45, 2.75) is 39.2 Å². The van der Waals surface area contributed by atoms with E-state index in [2.05, 4.69) is 21.4 Å².